The number of likely N-dealkylation sites (tertiary alicyclic amines) is 1. The van der Waals surface area contributed by atoms with Gasteiger partial charge >= 0.3 is 0 Å². The van der Waals surface area contributed by atoms with Crippen molar-refractivity contribution >= 4 is 5.91 Å². The van der Waals surface area contributed by atoms with Crippen LogP contribution < -0.4 is 5.32 Å². The second kappa shape index (κ2) is 7.99. The first-order chi connectivity index (χ1) is 9.65. The minimum atomic E-state index is -0.228. The van der Waals surface area contributed by atoms with Crippen LogP contribution in [0.4, 0.5) is 0 Å². The molecular formula is C16H30N2O2. The van der Waals surface area contributed by atoms with Crippen LogP contribution in [0.25, 0.3) is 0 Å². The molecule has 0 bridgehead atoms. The molecule has 2 aliphatic rings. The predicted molar refractivity (Wildman–Crippen MR) is 80.4 cm³/mol. The molecule has 2 N–H and O–H groups in total. The van der Waals surface area contributed by atoms with Gasteiger partial charge in [-0.1, -0.05) is 26.2 Å². The quantitative estimate of drug-likeness (QED) is 0.808. The van der Waals surface area contributed by atoms with Gasteiger partial charge in [0, 0.05) is 26.1 Å². The predicted octanol–water partition coefficient (Wildman–Crippen LogP) is 1.78. The average Bonchev–Trinajstić information content (AvgIpc) is 2.47. The van der Waals surface area contributed by atoms with E-state index in [2.05, 4.69) is 17.1 Å². The maximum absolute atomic E-state index is 11.9. The monoisotopic (exact) mass is 282 g/mol. The van der Waals surface area contributed by atoms with Crippen molar-refractivity contribution in [2.45, 2.75) is 58.0 Å². The third kappa shape index (κ3) is 5.06. The standard InChI is InChI=1S/C16H30N2O2/c1-13-7-9-18(12-15(13)19)10-8-16(20)17-11-14-5-3-2-4-6-14/h13-15,19H,2-12H2,1H3,(H,17,20). The fourth-order valence-electron chi connectivity index (χ4n) is 3.31. The summed E-state index contributed by atoms with van der Waals surface area (Å²) in [5.41, 5.74) is 0. The molecule has 1 amide bonds. The minimum Gasteiger partial charge on any atom is -0.392 e. The van der Waals surface area contributed by atoms with Gasteiger partial charge in [0.25, 0.3) is 0 Å². The zero-order valence-electron chi connectivity index (χ0n) is 12.8. The van der Waals surface area contributed by atoms with Crippen molar-refractivity contribution < 1.29 is 9.90 Å². The molecule has 0 aromatic rings. The molecule has 4 heteroatoms. The lowest BCUT2D eigenvalue weighted by molar-refractivity contribution is -0.121. The zero-order chi connectivity index (χ0) is 14.4. The Morgan fingerprint density at radius 3 is 2.70 bits per heavy atom. The third-order valence-electron chi connectivity index (χ3n) is 4.97. The number of aliphatic hydroxyl groups is 1. The van der Waals surface area contributed by atoms with E-state index in [-0.39, 0.29) is 12.0 Å². The van der Waals surface area contributed by atoms with E-state index < -0.39 is 0 Å². The van der Waals surface area contributed by atoms with Gasteiger partial charge in [0.1, 0.15) is 0 Å². The molecule has 1 saturated carbocycles. The molecule has 2 unspecified atom stereocenters. The van der Waals surface area contributed by atoms with Gasteiger partial charge in [-0.05, 0) is 37.6 Å². The molecule has 2 rings (SSSR count). The number of β-amino-alcohol motifs (C(OH)–C–C–N with tert-alkyl or cyclic N) is 1. The smallest absolute Gasteiger partial charge is 0.221 e. The fourth-order valence-corrected chi connectivity index (χ4v) is 3.31. The summed E-state index contributed by atoms with van der Waals surface area (Å²) in [6.07, 6.45) is 7.93. The zero-order valence-corrected chi connectivity index (χ0v) is 12.8. The normalized spacial score (nSPS) is 29.3. The summed E-state index contributed by atoms with van der Waals surface area (Å²) in [7, 11) is 0. The summed E-state index contributed by atoms with van der Waals surface area (Å²) in [6, 6.07) is 0. The third-order valence-corrected chi connectivity index (χ3v) is 4.97. The lowest BCUT2D eigenvalue weighted by Crippen LogP contribution is -2.44. The van der Waals surface area contributed by atoms with Gasteiger partial charge in [-0.25, -0.2) is 0 Å². The number of carbonyl (C=O) groups is 1. The first-order valence-electron chi connectivity index (χ1n) is 8.32. The van der Waals surface area contributed by atoms with Crippen LogP contribution in [0.2, 0.25) is 0 Å². The Morgan fingerprint density at radius 1 is 1.25 bits per heavy atom. The van der Waals surface area contributed by atoms with E-state index in [0.29, 0.717) is 18.3 Å². The van der Waals surface area contributed by atoms with Crippen molar-refractivity contribution in [2.75, 3.05) is 26.2 Å². The van der Waals surface area contributed by atoms with Crippen LogP contribution in [0.15, 0.2) is 0 Å². The van der Waals surface area contributed by atoms with E-state index in [0.717, 1.165) is 32.6 Å². The number of hydrogen-bond acceptors (Lipinski definition) is 3. The summed E-state index contributed by atoms with van der Waals surface area (Å²) in [5, 5.41) is 12.9. The Bertz CT molecular complexity index is 303. The number of nitrogens with one attached hydrogen (secondary N) is 1. The van der Waals surface area contributed by atoms with Crippen molar-refractivity contribution in [3.63, 3.8) is 0 Å². The maximum atomic E-state index is 11.9. The Morgan fingerprint density at radius 2 is 2.00 bits per heavy atom. The summed E-state index contributed by atoms with van der Waals surface area (Å²) in [5.74, 6) is 1.26. The van der Waals surface area contributed by atoms with Crippen LogP contribution in [0, 0.1) is 11.8 Å². The SMILES string of the molecule is CC1CCN(CCC(=O)NCC2CCCCC2)CC1O. The van der Waals surface area contributed by atoms with E-state index in [4.69, 9.17) is 0 Å². The number of hydrogen-bond donors (Lipinski definition) is 2. The van der Waals surface area contributed by atoms with Crippen LogP contribution in [0.1, 0.15) is 51.9 Å². The molecular weight excluding hydrogens is 252 g/mol. The lowest BCUT2D eigenvalue weighted by Gasteiger charge is -2.34. The Kier molecular flexibility index (Phi) is 6.30. The van der Waals surface area contributed by atoms with Crippen LogP contribution in [0.5, 0.6) is 0 Å². The molecule has 20 heavy (non-hydrogen) atoms. The number of rotatable bonds is 5. The number of amides is 1. The summed E-state index contributed by atoms with van der Waals surface area (Å²) in [6.45, 7) is 5.46. The van der Waals surface area contributed by atoms with E-state index in [9.17, 15) is 9.90 Å². The molecule has 116 valence electrons. The maximum Gasteiger partial charge on any atom is 0.221 e. The molecule has 4 nitrogen and oxygen atoms in total. The van der Waals surface area contributed by atoms with Crippen LogP contribution in [-0.2, 0) is 4.79 Å². The molecule has 1 saturated heterocycles. The number of nitrogens with zero attached hydrogens (tertiary/aromatic N) is 1. The second-order valence-electron chi connectivity index (χ2n) is 6.69. The summed E-state index contributed by atoms with van der Waals surface area (Å²) >= 11 is 0. The van der Waals surface area contributed by atoms with Gasteiger partial charge in [0.15, 0.2) is 0 Å². The lowest BCUT2D eigenvalue weighted by atomic mass is 9.89. The van der Waals surface area contributed by atoms with Gasteiger partial charge in [-0.3, -0.25) is 4.79 Å². The fraction of sp³-hybridized carbons (Fsp3) is 0.938. The highest BCUT2D eigenvalue weighted by atomic mass is 16.3. The highest BCUT2D eigenvalue weighted by molar-refractivity contribution is 5.76. The van der Waals surface area contributed by atoms with Crippen molar-refractivity contribution in [3.05, 3.63) is 0 Å². The van der Waals surface area contributed by atoms with Crippen molar-refractivity contribution in [2.24, 2.45) is 11.8 Å². The highest BCUT2D eigenvalue weighted by Gasteiger charge is 2.24. The van der Waals surface area contributed by atoms with Crippen molar-refractivity contribution in [1.29, 1.82) is 0 Å². The number of piperidine rings is 1. The summed E-state index contributed by atoms with van der Waals surface area (Å²) < 4.78 is 0. The van der Waals surface area contributed by atoms with Gasteiger partial charge in [-0.2, -0.15) is 0 Å². The molecule has 2 fully saturated rings. The van der Waals surface area contributed by atoms with E-state index in [1.165, 1.54) is 32.1 Å². The number of aliphatic hydroxyl groups excluding tert-OH is 1. The van der Waals surface area contributed by atoms with Crippen molar-refractivity contribution in [1.82, 2.24) is 10.2 Å². The molecule has 1 aliphatic heterocycles. The molecule has 0 aromatic heterocycles. The van der Waals surface area contributed by atoms with E-state index in [1.807, 2.05) is 0 Å². The molecule has 1 heterocycles. The van der Waals surface area contributed by atoms with E-state index >= 15 is 0 Å². The van der Waals surface area contributed by atoms with Crippen LogP contribution in [0.3, 0.4) is 0 Å². The average molecular weight is 282 g/mol. The molecule has 1 aliphatic carbocycles. The van der Waals surface area contributed by atoms with Crippen LogP contribution >= 0.6 is 0 Å². The topological polar surface area (TPSA) is 52.6 Å². The minimum absolute atomic E-state index is 0.170. The molecule has 2 atom stereocenters. The van der Waals surface area contributed by atoms with Crippen LogP contribution in [-0.4, -0.2) is 48.2 Å². The van der Waals surface area contributed by atoms with Gasteiger partial charge in [0.2, 0.25) is 5.91 Å². The Labute approximate surface area is 122 Å². The largest absolute Gasteiger partial charge is 0.392 e. The first kappa shape index (κ1) is 15.8. The molecule has 0 aromatic carbocycles. The highest BCUT2D eigenvalue weighted by Crippen LogP contribution is 2.22. The molecule has 0 radical (unpaired) electrons. The second-order valence-corrected chi connectivity index (χ2v) is 6.69. The van der Waals surface area contributed by atoms with Gasteiger partial charge < -0.3 is 15.3 Å². The number of carbonyl (C=O) groups excluding carboxylic acids is 1. The Balaban J connectivity index is 1.57. The van der Waals surface area contributed by atoms with E-state index in [1.54, 1.807) is 0 Å². The summed E-state index contributed by atoms with van der Waals surface area (Å²) in [4.78, 5) is 14.1. The van der Waals surface area contributed by atoms with Gasteiger partial charge in [0.05, 0.1) is 6.10 Å². The van der Waals surface area contributed by atoms with Crippen molar-refractivity contribution in [3.8, 4) is 0 Å². The molecule has 0 spiro atoms. The van der Waals surface area contributed by atoms with Gasteiger partial charge in [-0.15, -0.1) is 0 Å². The first-order valence-corrected chi connectivity index (χ1v) is 8.32. The Hall–Kier alpha value is -0.610.